The zero-order valence-corrected chi connectivity index (χ0v) is 10.7. The van der Waals surface area contributed by atoms with Crippen molar-refractivity contribution in [2.75, 3.05) is 29.1 Å². The second-order valence-corrected chi connectivity index (χ2v) is 4.40. The first-order chi connectivity index (χ1) is 9.29. The fraction of sp³-hybridized carbons (Fsp3) is 0.133. The number of hydrogen-bond acceptors (Lipinski definition) is 3. The minimum Gasteiger partial charge on any atom is -0.388 e. The summed E-state index contributed by atoms with van der Waals surface area (Å²) in [5.41, 5.74) is 3.80. The van der Waals surface area contributed by atoms with Crippen molar-refractivity contribution in [2.45, 2.75) is 0 Å². The summed E-state index contributed by atoms with van der Waals surface area (Å²) < 4.78 is 0. The Bertz CT molecular complexity index is 607. The van der Waals surface area contributed by atoms with Gasteiger partial charge in [-0.2, -0.15) is 0 Å². The lowest BCUT2D eigenvalue weighted by molar-refractivity contribution is -0.116. The smallest absolute Gasteiger partial charge is 0.250 e. The molecule has 19 heavy (non-hydrogen) atoms. The van der Waals surface area contributed by atoms with E-state index in [0.717, 1.165) is 22.7 Å². The number of fused-ring (bicyclic) bond motifs is 1. The maximum absolute atomic E-state index is 12.2. The quantitative estimate of drug-likeness (QED) is 0.865. The van der Waals surface area contributed by atoms with E-state index < -0.39 is 0 Å². The van der Waals surface area contributed by atoms with Crippen LogP contribution >= 0.6 is 0 Å². The van der Waals surface area contributed by atoms with Gasteiger partial charge in [0.25, 0.3) is 5.91 Å². The molecule has 1 aliphatic heterocycles. The lowest BCUT2D eigenvalue weighted by Crippen LogP contribution is -2.36. The van der Waals surface area contributed by atoms with Crippen LogP contribution in [0.4, 0.5) is 22.7 Å². The summed E-state index contributed by atoms with van der Waals surface area (Å²) in [6.07, 6.45) is 0. The van der Waals surface area contributed by atoms with Gasteiger partial charge in [-0.05, 0) is 36.4 Å². The van der Waals surface area contributed by atoms with Gasteiger partial charge in [0, 0.05) is 18.4 Å². The molecule has 4 nitrogen and oxygen atoms in total. The average molecular weight is 253 g/mol. The molecule has 1 aliphatic rings. The Hall–Kier alpha value is -2.49. The molecule has 1 amide bonds. The summed E-state index contributed by atoms with van der Waals surface area (Å²) in [5, 5.41) is 6.20. The van der Waals surface area contributed by atoms with Crippen molar-refractivity contribution in [3.05, 3.63) is 48.5 Å². The summed E-state index contributed by atoms with van der Waals surface area (Å²) in [6, 6.07) is 15.7. The molecule has 3 rings (SSSR count). The Morgan fingerprint density at radius 1 is 1.11 bits per heavy atom. The highest BCUT2D eigenvalue weighted by atomic mass is 16.2. The molecule has 0 aliphatic carbocycles. The molecule has 0 saturated heterocycles. The van der Waals surface area contributed by atoms with Crippen LogP contribution in [0.1, 0.15) is 0 Å². The van der Waals surface area contributed by atoms with E-state index in [0.29, 0.717) is 6.54 Å². The van der Waals surface area contributed by atoms with Crippen LogP contribution in [0.2, 0.25) is 0 Å². The van der Waals surface area contributed by atoms with E-state index in [4.69, 9.17) is 0 Å². The van der Waals surface area contributed by atoms with E-state index in [9.17, 15) is 4.79 Å². The van der Waals surface area contributed by atoms with Crippen molar-refractivity contribution >= 4 is 28.7 Å². The first-order valence-electron chi connectivity index (χ1n) is 6.23. The maximum atomic E-state index is 12.2. The highest BCUT2D eigenvalue weighted by Crippen LogP contribution is 2.35. The molecule has 0 saturated carbocycles. The SMILES string of the molecule is CNc1ccc(N2C(=O)CNc3ccccc32)cc1. The van der Waals surface area contributed by atoms with Gasteiger partial charge in [0.1, 0.15) is 0 Å². The fourth-order valence-electron chi connectivity index (χ4n) is 2.26. The summed E-state index contributed by atoms with van der Waals surface area (Å²) in [5.74, 6) is 0.0518. The minimum absolute atomic E-state index is 0.0518. The monoisotopic (exact) mass is 253 g/mol. The Morgan fingerprint density at radius 3 is 2.58 bits per heavy atom. The van der Waals surface area contributed by atoms with Crippen molar-refractivity contribution in [3.8, 4) is 0 Å². The van der Waals surface area contributed by atoms with E-state index in [-0.39, 0.29) is 5.91 Å². The van der Waals surface area contributed by atoms with Crippen LogP contribution in [0.5, 0.6) is 0 Å². The van der Waals surface area contributed by atoms with Crippen LogP contribution < -0.4 is 15.5 Å². The van der Waals surface area contributed by atoms with Gasteiger partial charge in [-0.15, -0.1) is 0 Å². The van der Waals surface area contributed by atoms with Crippen molar-refractivity contribution in [1.82, 2.24) is 0 Å². The molecule has 4 heteroatoms. The number of nitrogens with zero attached hydrogens (tertiary/aromatic N) is 1. The molecule has 1 heterocycles. The zero-order valence-electron chi connectivity index (χ0n) is 10.7. The van der Waals surface area contributed by atoms with Crippen LogP contribution in [0.25, 0.3) is 0 Å². The molecule has 2 aromatic rings. The molecular weight excluding hydrogens is 238 g/mol. The second kappa shape index (κ2) is 4.65. The predicted octanol–water partition coefficient (Wildman–Crippen LogP) is 2.82. The first kappa shape index (κ1) is 11.6. The van der Waals surface area contributed by atoms with E-state index in [1.807, 2.05) is 55.6 Å². The zero-order chi connectivity index (χ0) is 13.2. The molecule has 0 bridgehead atoms. The number of benzene rings is 2. The first-order valence-corrected chi connectivity index (χ1v) is 6.23. The van der Waals surface area contributed by atoms with Crippen LogP contribution in [0.3, 0.4) is 0 Å². The van der Waals surface area contributed by atoms with E-state index in [1.54, 1.807) is 4.90 Å². The van der Waals surface area contributed by atoms with Gasteiger partial charge in [0.05, 0.1) is 17.9 Å². The lowest BCUT2D eigenvalue weighted by atomic mass is 10.1. The van der Waals surface area contributed by atoms with Crippen LogP contribution in [-0.4, -0.2) is 19.5 Å². The number of hydrogen-bond donors (Lipinski definition) is 2. The molecule has 0 unspecified atom stereocenters. The van der Waals surface area contributed by atoms with Gasteiger partial charge >= 0.3 is 0 Å². The van der Waals surface area contributed by atoms with Gasteiger partial charge in [-0.3, -0.25) is 9.69 Å². The van der Waals surface area contributed by atoms with Crippen LogP contribution in [0, 0.1) is 0 Å². The molecule has 0 spiro atoms. The number of carbonyl (C=O) groups excluding carboxylic acids is 1. The van der Waals surface area contributed by atoms with E-state index in [2.05, 4.69) is 10.6 Å². The Labute approximate surface area is 112 Å². The number of amides is 1. The summed E-state index contributed by atoms with van der Waals surface area (Å²) in [6.45, 7) is 0.324. The van der Waals surface area contributed by atoms with Crippen LogP contribution in [-0.2, 0) is 4.79 Å². The third-order valence-corrected chi connectivity index (χ3v) is 3.24. The maximum Gasteiger partial charge on any atom is 0.250 e. The Kier molecular flexibility index (Phi) is 2.83. The number of para-hydroxylation sites is 2. The number of carbonyl (C=O) groups is 1. The van der Waals surface area contributed by atoms with Crippen molar-refractivity contribution in [3.63, 3.8) is 0 Å². The van der Waals surface area contributed by atoms with Gasteiger partial charge < -0.3 is 10.6 Å². The minimum atomic E-state index is 0.0518. The third kappa shape index (κ3) is 2.01. The summed E-state index contributed by atoms with van der Waals surface area (Å²) in [4.78, 5) is 13.9. The summed E-state index contributed by atoms with van der Waals surface area (Å²) in [7, 11) is 1.88. The molecule has 0 atom stereocenters. The topological polar surface area (TPSA) is 44.4 Å². The second-order valence-electron chi connectivity index (χ2n) is 4.40. The lowest BCUT2D eigenvalue weighted by Gasteiger charge is -2.30. The van der Waals surface area contributed by atoms with Crippen molar-refractivity contribution < 1.29 is 4.79 Å². The van der Waals surface area contributed by atoms with Gasteiger partial charge in [-0.1, -0.05) is 12.1 Å². The van der Waals surface area contributed by atoms with Crippen LogP contribution in [0.15, 0.2) is 48.5 Å². The Morgan fingerprint density at radius 2 is 1.84 bits per heavy atom. The fourth-order valence-corrected chi connectivity index (χ4v) is 2.26. The molecular formula is C15H15N3O. The molecule has 0 aromatic heterocycles. The van der Waals surface area contributed by atoms with Gasteiger partial charge in [0.2, 0.25) is 0 Å². The predicted molar refractivity (Wildman–Crippen MR) is 78.1 cm³/mol. The van der Waals surface area contributed by atoms with Gasteiger partial charge in [0.15, 0.2) is 0 Å². The molecule has 2 N–H and O–H groups in total. The third-order valence-electron chi connectivity index (χ3n) is 3.24. The standard InChI is InChI=1S/C15H15N3O/c1-16-11-6-8-12(9-7-11)18-14-5-3-2-4-13(14)17-10-15(18)19/h2-9,16-17H,10H2,1H3. The van der Waals surface area contributed by atoms with E-state index >= 15 is 0 Å². The molecule has 0 radical (unpaired) electrons. The molecule has 96 valence electrons. The van der Waals surface area contributed by atoms with Crippen molar-refractivity contribution in [1.29, 1.82) is 0 Å². The largest absolute Gasteiger partial charge is 0.388 e. The number of nitrogens with one attached hydrogen (secondary N) is 2. The Balaban J connectivity index is 2.05. The molecule has 0 fully saturated rings. The highest BCUT2D eigenvalue weighted by Gasteiger charge is 2.24. The normalized spacial score (nSPS) is 13.7. The molecule has 2 aromatic carbocycles. The number of anilines is 4. The number of rotatable bonds is 2. The van der Waals surface area contributed by atoms with Gasteiger partial charge in [-0.25, -0.2) is 0 Å². The van der Waals surface area contributed by atoms with E-state index in [1.165, 1.54) is 0 Å². The summed E-state index contributed by atoms with van der Waals surface area (Å²) >= 11 is 0. The average Bonchev–Trinajstić information content (AvgIpc) is 2.47. The highest BCUT2D eigenvalue weighted by molar-refractivity contribution is 6.08. The van der Waals surface area contributed by atoms with Crippen molar-refractivity contribution in [2.24, 2.45) is 0 Å².